The van der Waals surface area contributed by atoms with Crippen molar-refractivity contribution in [2.75, 3.05) is 23.8 Å². The third-order valence-electron chi connectivity index (χ3n) is 3.09. The molecule has 0 atom stereocenters. The van der Waals surface area contributed by atoms with E-state index >= 15 is 0 Å². The molecule has 2 rings (SSSR count). The Morgan fingerprint density at radius 2 is 1.84 bits per heavy atom. The van der Waals surface area contributed by atoms with Gasteiger partial charge in [-0.05, 0) is 31.0 Å². The first-order chi connectivity index (χ1) is 9.24. The Labute approximate surface area is 114 Å². The third-order valence-corrected chi connectivity index (χ3v) is 3.09. The Hall–Kier alpha value is -2.10. The molecule has 100 valence electrons. The van der Waals surface area contributed by atoms with E-state index in [2.05, 4.69) is 58.3 Å². The van der Waals surface area contributed by atoms with Gasteiger partial charge >= 0.3 is 0 Å². The second-order valence-corrected chi connectivity index (χ2v) is 4.37. The van der Waals surface area contributed by atoms with Crippen LogP contribution in [0.25, 0.3) is 0 Å². The van der Waals surface area contributed by atoms with E-state index in [0.29, 0.717) is 0 Å². The van der Waals surface area contributed by atoms with Crippen LogP contribution in [-0.4, -0.2) is 23.6 Å². The summed E-state index contributed by atoms with van der Waals surface area (Å²) in [4.78, 5) is 10.6. The van der Waals surface area contributed by atoms with E-state index in [4.69, 9.17) is 0 Å². The molecule has 1 aromatic carbocycles. The summed E-state index contributed by atoms with van der Waals surface area (Å²) in [6.07, 6.45) is 2.65. The fraction of sp³-hybridized carbons (Fsp3) is 0.333. The number of hydrogen-bond acceptors (Lipinski definition) is 4. The summed E-state index contributed by atoms with van der Waals surface area (Å²) in [5, 5.41) is 3.19. The fourth-order valence-electron chi connectivity index (χ4n) is 1.90. The summed E-state index contributed by atoms with van der Waals surface area (Å²) in [5.41, 5.74) is 2.46. The van der Waals surface area contributed by atoms with Crippen molar-refractivity contribution in [1.82, 2.24) is 9.97 Å². The van der Waals surface area contributed by atoms with Gasteiger partial charge in [0.15, 0.2) is 0 Å². The van der Waals surface area contributed by atoms with Crippen LogP contribution in [0.2, 0.25) is 0 Å². The highest BCUT2D eigenvalue weighted by Crippen LogP contribution is 2.23. The van der Waals surface area contributed by atoms with Gasteiger partial charge < -0.3 is 10.2 Å². The lowest BCUT2D eigenvalue weighted by Crippen LogP contribution is -2.12. The van der Waals surface area contributed by atoms with Crippen LogP contribution in [0, 0.1) is 0 Å². The maximum absolute atomic E-state index is 4.32. The van der Waals surface area contributed by atoms with Gasteiger partial charge in [-0.1, -0.05) is 19.1 Å². The van der Waals surface area contributed by atoms with E-state index in [9.17, 15) is 0 Å². The Morgan fingerprint density at radius 3 is 2.47 bits per heavy atom. The van der Waals surface area contributed by atoms with Gasteiger partial charge in [0, 0.05) is 25.3 Å². The Balaban J connectivity index is 2.22. The SMILES string of the molecule is CCNc1cc(N(C)c2ccc(CC)cc2)ncn1. The van der Waals surface area contributed by atoms with Crippen molar-refractivity contribution in [2.45, 2.75) is 20.3 Å². The predicted molar refractivity (Wildman–Crippen MR) is 80.1 cm³/mol. The summed E-state index contributed by atoms with van der Waals surface area (Å²) < 4.78 is 0. The molecule has 0 radical (unpaired) electrons. The maximum atomic E-state index is 4.32. The van der Waals surface area contributed by atoms with Crippen molar-refractivity contribution in [2.24, 2.45) is 0 Å². The smallest absolute Gasteiger partial charge is 0.138 e. The molecule has 4 heteroatoms. The minimum atomic E-state index is 0.851. The number of nitrogens with zero attached hydrogens (tertiary/aromatic N) is 3. The minimum Gasteiger partial charge on any atom is -0.370 e. The molecule has 1 N–H and O–H groups in total. The number of benzene rings is 1. The summed E-state index contributed by atoms with van der Waals surface area (Å²) in [5.74, 6) is 1.74. The van der Waals surface area contributed by atoms with Crippen LogP contribution in [0.3, 0.4) is 0 Å². The van der Waals surface area contributed by atoms with Gasteiger partial charge in [0.05, 0.1) is 0 Å². The number of aryl methyl sites for hydroxylation is 1. The molecule has 0 saturated heterocycles. The molecule has 0 unspecified atom stereocenters. The molecule has 0 saturated carbocycles. The maximum Gasteiger partial charge on any atom is 0.138 e. The summed E-state index contributed by atoms with van der Waals surface area (Å²) >= 11 is 0. The molecular formula is C15H20N4. The normalized spacial score (nSPS) is 10.3. The van der Waals surface area contributed by atoms with Crippen LogP contribution in [0.1, 0.15) is 19.4 Å². The van der Waals surface area contributed by atoms with E-state index in [1.54, 1.807) is 6.33 Å². The number of nitrogens with one attached hydrogen (secondary N) is 1. The van der Waals surface area contributed by atoms with Crippen molar-refractivity contribution < 1.29 is 0 Å². The molecule has 4 nitrogen and oxygen atoms in total. The zero-order chi connectivity index (χ0) is 13.7. The van der Waals surface area contributed by atoms with Crippen LogP contribution >= 0.6 is 0 Å². The standard InChI is InChI=1S/C15H20N4/c1-4-12-6-8-13(9-7-12)19(3)15-10-14(16-5-2)17-11-18-15/h6-11H,4-5H2,1-3H3,(H,16,17,18). The van der Waals surface area contributed by atoms with Gasteiger partial charge in [-0.25, -0.2) is 9.97 Å². The molecule has 0 fully saturated rings. The second-order valence-electron chi connectivity index (χ2n) is 4.37. The lowest BCUT2D eigenvalue weighted by molar-refractivity contribution is 1.06. The Bertz CT molecular complexity index is 522. The molecule has 19 heavy (non-hydrogen) atoms. The molecule has 0 amide bonds. The van der Waals surface area contributed by atoms with Gasteiger partial charge in [0.1, 0.15) is 18.0 Å². The van der Waals surface area contributed by atoms with E-state index in [1.165, 1.54) is 5.56 Å². The van der Waals surface area contributed by atoms with Gasteiger partial charge in [0.25, 0.3) is 0 Å². The number of aromatic nitrogens is 2. The van der Waals surface area contributed by atoms with Crippen molar-refractivity contribution in [1.29, 1.82) is 0 Å². The first-order valence-corrected chi connectivity index (χ1v) is 6.63. The largest absolute Gasteiger partial charge is 0.370 e. The number of anilines is 3. The zero-order valence-corrected chi connectivity index (χ0v) is 11.7. The average Bonchev–Trinajstić information content (AvgIpc) is 2.47. The Morgan fingerprint density at radius 1 is 1.11 bits per heavy atom. The first-order valence-electron chi connectivity index (χ1n) is 6.63. The van der Waals surface area contributed by atoms with Crippen molar-refractivity contribution in [3.8, 4) is 0 Å². The molecule has 0 spiro atoms. The monoisotopic (exact) mass is 256 g/mol. The number of hydrogen-bond donors (Lipinski definition) is 1. The highest BCUT2D eigenvalue weighted by atomic mass is 15.2. The summed E-state index contributed by atoms with van der Waals surface area (Å²) in [6.45, 7) is 5.06. The topological polar surface area (TPSA) is 41.0 Å². The van der Waals surface area contributed by atoms with Crippen molar-refractivity contribution >= 4 is 17.3 Å². The molecule has 0 bridgehead atoms. The van der Waals surface area contributed by atoms with Crippen LogP contribution in [0.5, 0.6) is 0 Å². The predicted octanol–water partition coefficient (Wildman–Crippen LogP) is 3.24. The molecule has 1 aromatic heterocycles. The minimum absolute atomic E-state index is 0.851. The van der Waals surface area contributed by atoms with Crippen LogP contribution in [-0.2, 0) is 6.42 Å². The highest BCUT2D eigenvalue weighted by molar-refractivity contribution is 5.61. The van der Waals surface area contributed by atoms with E-state index in [1.807, 2.05) is 13.1 Å². The summed E-state index contributed by atoms with van der Waals surface area (Å²) in [7, 11) is 2.01. The van der Waals surface area contributed by atoms with Crippen molar-refractivity contribution in [3.05, 3.63) is 42.2 Å². The van der Waals surface area contributed by atoms with Crippen LogP contribution < -0.4 is 10.2 Å². The van der Waals surface area contributed by atoms with Gasteiger partial charge in [-0.3, -0.25) is 0 Å². The van der Waals surface area contributed by atoms with E-state index < -0.39 is 0 Å². The molecule has 0 aliphatic carbocycles. The van der Waals surface area contributed by atoms with Crippen LogP contribution in [0.4, 0.5) is 17.3 Å². The van der Waals surface area contributed by atoms with E-state index in [0.717, 1.165) is 30.3 Å². The molecule has 0 aliphatic rings. The zero-order valence-electron chi connectivity index (χ0n) is 11.7. The molecule has 0 aliphatic heterocycles. The molecular weight excluding hydrogens is 236 g/mol. The second kappa shape index (κ2) is 6.18. The van der Waals surface area contributed by atoms with Gasteiger partial charge in [0.2, 0.25) is 0 Å². The van der Waals surface area contributed by atoms with Crippen molar-refractivity contribution in [3.63, 3.8) is 0 Å². The fourth-order valence-corrected chi connectivity index (χ4v) is 1.90. The summed E-state index contributed by atoms with van der Waals surface area (Å²) in [6, 6.07) is 10.5. The van der Waals surface area contributed by atoms with Gasteiger partial charge in [-0.2, -0.15) is 0 Å². The molecule has 2 aromatic rings. The number of rotatable bonds is 5. The Kier molecular flexibility index (Phi) is 4.34. The lowest BCUT2D eigenvalue weighted by atomic mass is 10.1. The van der Waals surface area contributed by atoms with Gasteiger partial charge in [-0.15, -0.1) is 0 Å². The quantitative estimate of drug-likeness (QED) is 0.891. The lowest BCUT2D eigenvalue weighted by Gasteiger charge is -2.19. The van der Waals surface area contributed by atoms with Crippen LogP contribution in [0.15, 0.2) is 36.7 Å². The first kappa shape index (κ1) is 13.3. The average molecular weight is 256 g/mol. The molecule has 1 heterocycles. The van der Waals surface area contributed by atoms with E-state index in [-0.39, 0.29) is 0 Å². The third kappa shape index (κ3) is 3.22. The highest BCUT2D eigenvalue weighted by Gasteiger charge is 2.06.